The number of halogens is 2. The van der Waals surface area contributed by atoms with Gasteiger partial charge in [-0.1, -0.05) is 24.4 Å². The molecule has 0 atom stereocenters. The van der Waals surface area contributed by atoms with E-state index in [1.54, 1.807) is 18.2 Å². The predicted molar refractivity (Wildman–Crippen MR) is 68.8 cm³/mol. The quantitative estimate of drug-likeness (QED) is 0.904. The summed E-state index contributed by atoms with van der Waals surface area (Å²) in [6.45, 7) is 0.752. The van der Waals surface area contributed by atoms with Gasteiger partial charge in [0, 0.05) is 16.0 Å². The van der Waals surface area contributed by atoms with Crippen LogP contribution in [0.25, 0.3) is 0 Å². The lowest BCUT2D eigenvalue weighted by atomic mass is 10.2. The number of amides is 1. The van der Waals surface area contributed by atoms with Crippen LogP contribution < -0.4 is 5.32 Å². The van der Waals surface area contributed by atoms with E-state index in [0.717, 1.165) is 23.4 Å². The van der Waals surface area contributed by atoms with Crippen LogP contribution in [0.15, 0.2) is 22.7 Å². The Morgan fingerprint density at radius 3 is 2.94 bits per heavy atom. The highest BCUT2D eigenvalue weighted by Crippen LogP contribution is 2.31. The number of nitrogens with one attached hydrogen (secondary N) is 1. The number of carbonyl (C=O) groups is 1. The molecule has 4 heteroatoms. The SMILES string of the molecule is O=C(NCCC1CC1)c1cc(Cl)ccc1Br. The smallest absolute Gasteiger partial charge is 0.252 e. The van der Waals surface area contributed by atoms with Crippen LogP contribution in [0.4, 0.5) is 0 Å². The van der Waals surface area contributed by atoms with Gasteiger partial charge in [-0.05, 0) is 46.5 Å². The minimum absolute atomic E-state index is 0.0602. The third-order valence-electron chi connectivity index (χ3n) is 2.71. The van der Waals surface area contributed by atoms with Crippen molar-refractivity contribution < 1.29 is 4.79 Å². The van der Waals surface area contributed by atoms with Gasteiger partial charge in [-0.15, -0.1) is 0 Å². The summed E-state index contributed by atoms with van der Waals surface area (Å²) in [6.07, 6.45) is 3.72. The van der Waals surface area contributed by atoms with Crippen LogP contribution in [-0.2, 0) is 0 Å². The molecule has 1 fully saturated rings. The van der Waals surface area contributed by atoms with Gasteiger partial charge in [-0.3, -0.25) is 4.79 Å². The molecule has 0 bridgehead atoms. The van der Waals surface area contributed by atoms with Crippen molar-refractivity contribution in [3.63, 3.8) is 0 Å². The lowest BCUT2D eigenvalue weighted by Crippen LogP contribution is -2.25. The van der Waals surface area contributed by atoms with Crippen LogP contribution in [0, 0.1) is 5.92 Å². The van der Waals surface area contributed by atoms with E-state index in [4.69, 9.17) is 11.6 Å². The van der Waals surface area contributed by atoms with Crippen molar-refractivity contribution in [2.45, 2.75) is 19.3 Å². The fraction of sp³-hybridized carbons (Fsp3) is 0.417. The Kier molecular flexibility index (Phi) is 3.87. The van der Waals surface area contributed by atoms with E-state index in [2.05, 4.69) is 21.2 Å². The molecule has 0 aliphatic heterocycles. The molecule has 0 heterocycles. The Labute approximate surface area is 108 Å². The molecule has 16 heavy (non-hydrogen) atoms. The first kappa shape index (κ1) is 11.9. The topological polar surface area (TPSA) is 29.1 Å². The number of rotatable bonds is 4. The Morgan fingerprint density at radius 2 is 2.25 bits per heavy atom. The highest BCUT2D eigenvalue weighted by atomic mass is 79.9. The first-order chi connectivity index (χ1) is 7.66. The summed E-state index contributed by atoms with van der Waals surface area (Å²) >= 11 is 9.20. The lowest BCUT2D eigenvalue weighted by Gasteiger charge is -2.06. The first-order valence-corrected chi connectivity index (χ1v) is 6.57. The average Bonchev–Trinajstić information content (AvgIpc) is 3.05. The lowest BCUT2D eigenvalue weighted by molar-refractivity contribution is 0.0952. The van der Waals surface area contributed by atoms with E-state index >= 15 is 0 Å². The van der Waals surface area contributed by atoms with E-state index in [9.17, 15) is 4.79 Å². The standard InChI is InChI=1S/C12H13BrClNO/c13-11-4-3-9(14)7-10(11)12(16)15-6-5-8-1-2-8/h3-4,7-8H,1-2,5-6H2,(H,15,16). The second kappa shape index (κ2) is 5.19. The summed E-state index contributed by atoms with van der Waals surface area (Å²) in [5, 5.41) is 3.49. The van der Waals surface area contributed by atoms with E-state index < -0.39 is 0 Å². The molecule has 0 aromatic heterocycles. The molecule has 1 amide bonds. The van der Waals surface area contributed by atoms with Gasteiger partial charge in [0.15, 0.2) is 0 Å². The monoisotopic (exact) mass is 301 g/mol. The van der Waals surface area contributed by atoms with Crippen molar-refractivity contribution in [2.24, 2.45) is 5.92 Å². The summed E-state index contributed by atoms with van der Waals surface area (Å²) in [4.78, 5) is 11.8. The second-order valence-corrected chi connectivity index (χ2v) is 5.40. The maximum atomic E-state index is 11.8. The van der Waals surface area contributed by atoms with E-state index in [1.807, 2.05) is 0 Å². The van der Waals surface area contributed by atoms with Gasteiger partial charge in [-0.2, -0.15) is 0 Å². The van der Waals surface area contributed by atoms with Crippen molar-refractivity contribution in [3.8, 4) is 0 Å². The van der Waals surface area contributed by atoms with Crippen molar-refractivity contribution in [1.29, 1.82) is 0 Å². The van der Waals surface area contributed by atoms with Crippen molar-refractivity contribution >= 4 is 33.4 Å². The zero-order valence-corrected chi connectivity index (χ0v) is 11.1. The van der Waals surface area contributed by atoms with Crippen LogP contribution in [0.3, 0.4) is 0 Å². The number of hydrogen-bond acceptors (Lipinski definition) is 1. The second-order valence-electron chi connectivity index (χ2n) is 4.11. The molecular formula is C12H13BrClNO. The molecule has 1 aliphatic rings. The Balaban J connectivity index is 1.93. The van der Waals surface area contributed by atoms with Gasteiger partial charge in [0.05, 0.1) is 5.56 Å². The Hall–Kier alpha value is -0.540. The summed E-state index contributed by atoms with van der Waals surface area (Å²) in [7, 11) is 0. The minimum Gasteiger partial charge on any atom is -0.352 e. The summed E-state index contributed by atoms with van der Waals surface area (Å²) in [5.41, 5.74) is 0.600. The largest absolute Gasteiger partial charge is 0.352 e. The van der Waals surface area contributed by atoms with Crippen molar-refractivity contribution in [1.82, 2.24) is 5.32 Å². The molecular weight excluding hydrogens is 289 g/mol. The van der Waals surface area contributed by atoms with Crippen LogP contribution in [-0.4, -0.2) is 12.5 Å². The van der Waals surface area contributed by atoms with Gasteiger partial charge in [0.2, 0.25) is 0 Å². The normalized spacial score (nSPS) is 14.9. The molecule has 0 unspecified atom stereocenters. The van der Waals surface area contributed by atoms with Gasteiger partial charge < -0.3 is 5.32 Å². The van der Waals surface area contributed by atoms with Crippen molar-refractivity contribution in [2.75, 3.05) is 6.54 Å². The average molecular weight is 303 g/mol. The fourth-order valence-electron chi connectivity index (χ4n) is 1.56. The number of benzene rings is 1. The first-order valence-electron chi connectivity index (χ1n) is 5.40. The molecule has 1 aliphatic carbocycles. The number of hydrogen-bond donors (Lipinski definition) is 1. The fourth-order valence-corrected chi connectivity index (χ4v) is 2.16. The third-order valence-corrected chi connectivity index (χ3v) is 3.63. The Bertz CT molecular complexity index is 404. The maximum Gasteiger partial charge on any atom is 0.252 e. The molecule has 1 saturated carbocycles. The van der Waals surface area contributed by atoms with Crippen LogP contribution in [0.1, 0.15) is 29.6 Å². The van der Waals surface area contributed by atoms with Gasteiger partial charge in [0.25, 0.3) is 5.91 Å². The summed E-state index contributed by atoms with van der Waals surface area (Å²) in [5.74, 6) is 0.776. The molecule has 1 aromatic rings. The van der Waals surface area contributed by atoms with E-state index in [-0.39, 0.29) is 5.91 Å². The zero-order chi connectivity index (χ0) is 11.5. The molecule has 2 rings (SSSR count). The zero-order valence-electron chi connectivity index (χ0n) is 8.80. The van der Waals surface area contributed by atoms with Gasteiger partial charge in [-0.25, -0.2) is 0 Å². The van der Waals surface area contributed by atoms with E-state index in [1.165, 1.54) is 12.8 Å². The van der Waals surface area contributed by atoms with E-state index in [0.29, 0.717) is 10.6 Å². The maximum absolute atomic E-state index is 11.8. The highest BCUT2D eigenvalue weighted by Gasteiger charge is 2.20. The van der Waals surface area contributed by atoms with Crippen molar-refractivity contribution in [3.05, 3.63) is 33.3 Å². The summed E-state index contributed by atoms with van der Waals surface area (Å²) < 4.78 is 0.779. The molecule has 0 radical (unpaired) electrons. The molecule has 0 saturated heterocycles. The van der Waals surface area contributed by atoms with Gasteiger partial charge >= 0.3 is 0 Å². The Morgan fingerprint density at radius 1 is 1.50 bits per heavy atom. The number of carbonyl (C=O) groups excluding carboxylic acids is 1. The minimum atomic E-state index is -0.0602. The highest BCUT2D eigenvalue weighted by molar-refractivity contribution is 9.10. The summed E-state index contributed by atoms with van der Waals surface area (Å²) in [6, 6.07) is 5.23. The molecule has 1 N–H and O–H groups in total. The molecule has 0 spiro atoms. The molecule has 86 valence electrons. The molecule has 1 aromatic carbocycles. The molecule has 2 nitrogen and oxygen atoms in total. The predicted octanol–water partition coefficient (Wildman–Crippen LogP) is 3.63. The van der Waals surface area contributed by atoms with Crippen LogP contribution in [0.2, 0.25) is 5.02 Å². The van der Waals surface area contributed by atoms with Crippen LogP contribution in [0.5, 0.6) is 0 Å². The third kappa shape index (κ3) is 3.22. The van der Waals surface area contributed by atoms with Gasteiger partial charge in [0.1, 0.15) is 0 Å². The van der Waals surface area contributed by atoms with Crippen LogP contribution >= 0.6 is 27.5 Å².